The van der Waals surface area contributed by atoms with E-state index in [1.807, 2.05) is 6.07 Å². The number of nitrogens with zero attached hydrogens (tertiary/aromatic N) is 1. The molecule has 0 saturated carbocycles. The van der Waals surface area contributed by atoms with Gasteiger partial charge in [-0.2, -0.15) is 0 Å². The molecule has 1 unspecified atom stereocenters. The zero-order chi connectivity index (χ0) is 13.5. The van der Waals surface area contributed by atoms with Crippen LogP contribution in [0.25, 0.3) is 6.58 Å². The molecule has 1 aliphatic heterocycles. The van der Waals surface area contributed by atoms with Gasteiger partial charge in [-0.3, -0.25) is 4.99 Å². The van der Waals surface area contributed by atoms with Crippen LogP contribution in [0.3, 0.4) is 0 Å². The number of fused-ring (bicyclic) bond motifs is 1. The van der Waals surface area contributed by atoms with Gasteiger partial charge in [0.05, 0.1) is 5.36 Å². The second-order valence-corrected chi connectivity index (χ2v) is 6.16. The smallest absolute Gasteiger partial charge is 0.0670 e. The highest BCUT2D eigenvalue weighted by Crippen LogP contribution is 2.39. The Bertz CT molecular complexity index is 661. The molecule has 1 heteroatoms. The summed E-state index contributed by atoms with van der Waals surface area (Å²) >= 11 is 0. The summed E-state index contributed by atoms with van der Waals surface area (Å²) in [4.78, 5) is 4.66. The van der Waals surface area contributed by atoms with Crippen LogP contribution in [0.15, 0.2) is 47.1 Å². The Balaban J connectivity index is 2.13. The number of allylic oxidation sites excluding steroid dienone is 3. The first-order valence-corrected chi connectivity index (χ1v) is 7.13. The van der Waals surface area contributed by atoms with E-state index in [9.17, 15) is 0 Å². The van der Waals surface area contributed by atoms with Crippen LogP contribution in [-0.4, -0.2) is 0 Å². The summed E-state index contributed by atoms with van der Waals surface area (Å²) in [7, 11) is 0. The van der Waals surface area contributed by atoms with Crippen molar-refractivity contribution in [3.8, 4) is 0 Å². The van der Waals surface area contributed by atoms with Crippen molar-refractivity contribution in [2.75, 3.05) is 0 Å². The Kier molecular flexibility index (Phi) is 2.93. The first-order valence-electron chi connectivity index (χ1n) is 7.13. The van der Waals surface area contributed by atoms with Crippen molar-refractivity contribution in [2.45, 2.75) is 38.5 Å². The number of benzene rings is 1. The second-order valence-electron chi connectivity index (χ2n) is 6.16. The molecule has 0 bridgehead atoms. The Morgan fingerprint density at radius 1 is 1.32 bits per heavy atom. The molecule has 0 amide bonds. The molecule has 0 aromatic heterocycles. The molecule has 2 aliphatic rings. The van der Waals surface area contributed by atoms with E-state index in [0.717, 1.165) is 10.6 Å². The monoisotopic (exact) mass is 251 g/mol. The zero-order valence-corrected chi connectivity index (χ0v) is 11.8. The molecule has 1 aromatic rings. The molecular weight excluding hydrogens is 230 g/mol. The average molecular weight is 251 g/mol. The lowest BCUT2D eigenvalue weighted by Gasteiger charge is -2.35. The highest BCUT2D eigenvalue weighted by molar-refractivity contribution is 5.40. The summed E-state index contributed by atoms with van der Waals surface area (Å²) in [5.41, 5.74) is 2.81. The summed E-state index contributed by atoms with van der Waals surface area (Å²) < 4.78 is 0. The van der Waals surface area contributed by atoms with Crippen LogP contribution in [0, 0.1) is 5.92 Å². The van der Waals surface area contributed by atoms with Crippen LogP contribution in [-0.2, 0) is 5.41 Å². The third-order valence-electron chi connectivity index (χ3n) is 4.45. The molecule has 0 radical (unpaired) electrons. The molecule has 1 aromatic carbocycles. The van der Waals surface area contributed by atoms with Crippen molar-refractivity contribution in [3.05, 3.63) is 58.3 Å². The van der Waals surface area contributed by atoms with E-state index in [2.05, 4.69) is 55.9 Å². The number of rotatable bonds is 1. The number of hydrogen-bond acceptors (Lipinski definition) is 1. The fourth-order valence-corrected chi connectivity index (χ4v) is 3.28. The predicted molar refractivity (Wildman–Crippen MR) is 80.3 cm³/mol. The largest absolute Gasteiger partial charge is 0.257 e. The Labute approximate surface area is 115 Å². The standard InChI is InChI=1S/C18H21N/c1-13-9-10-17-15(11-13)18(2,3)16(12-19-17)14-7-5-4-6-8-14/h5,7,9-12,14H,1,4,6,8H2,2-3H3. The Morgan fingerprint density at radius 2 is 2.16 bits per heavy atom. The van der Waals surface area contributed by atoms with Gasteiger partial charge in [0.25, 0.3) is 0 Å². The topological polar surface area (TPSA) is 12.4 Å². The van der Waals surface area contributed by atoms with Crippen molar-refractivity contribution in [3.63, 3.8) is 0 Å². The third kappa shape index (κ3) is 2.07. The van der Waals surface area contributed by atoms with Gasteiger partial charge in [-0.25, -0.2) is 0 Å². The first-order chi connectivity index (χ1) is 9.09. The lowest BCUT2D eigenvalue weighted by Crippen LogP contribution is -2.35. The van der Waals surface area contributed by atoms with Crippen LogP contribution in [0.1, 0.15) is 38.7 Å². The maximum absolute atomic E-state index is 4.66. The molecular formula is C18H21N. The molecule has 98 valence electrons. The Morgan fingerprint density at radius 3 is 2.89 bits per heavy atom. The fraction of sp³-hybridized carbons (Fsp3) is 0.389. The van der Waals surface area contributed by atoms with E-state index < -0.39 is 0 Å². The van der Waals surface area contributed by atoms with E-state index in [4.69, 9.17) is 0 Å². The minimum absolute atomic E-state index is 0.0527. The van der Waals surface area contributed by atoms with Crippen LogP contribution in [0.4, 0.5) is 0 Å². The van der Waals surface area contributed by atoms with Gasteiger partial charge < -0.3 is 0 Å². The summed E-state index contributed by atoms with van der Waals surface area (Å²) in [5.74, 6) is 0.550. The number of hydrogen-bond donors (Lipinski definition) is 0. The van der Waals surface area contributed by atoms with Crippen molar-refractivity contribution >= 4 is 6.58 Å². The van der Waals surface area contributed by atoms with Crippen LogP contribution >= 0.6 is 0 Å². The highest BCUT2D eigenvalue weighted by Gasteiger charge is 2.33. The van der Waals surface area contributed by atoms with Crippen LogP contribution in [0.2, 0.25) is 0 Å². The quantitative estimate of drug-likeness (QED) is 0.679. The normalized spacial score (nSPS) is 24.3. The molecule has 19 heavy (non-hydrogen) atoms. The van der Waals surface area contributed by atoms with Gasteiger partial charge in [0.15, 0.2) is 0 Å². The average Bonchev–Trinajstić information content (AvgIpc) is 2.40. The first kappa shape index (κ1) is 12.4. The third-order valence-corrected chi connectivity index (χ3v) is 4.45. The molecule has 1 atom stereocenters. The van der Waals surface area contributed by atoms with Gasteiger partial charge >= 0.3 is 0 Å². The van der Waals surface area contributed by atoms with Gasteiger partial charge in [-0.05, 0) is 47.8 Å². The van der Waals surface area contributed by atoms with E-state index in [-0.39, 0.29) is 5.41 Å². The molecule has 0 saturated heterocycles. The maximum Gasteiger partial charge on any atom is 0.0670 e. The van der Waals surface area contributed by atoms with Gasteiger partial charge in [-0.15, -0.1) is 0 Å². The maximum atomic E-state index is 4.66. The molecule has 0 N–H and O–H groups in total. The lowest BCUT2D eigenvalue weighted by atomic mass is 9.69. The molecule has 0 fully saturated rings. The van der Waals surface area contributed by atoms with E-state index in [1.54, 1.807) is 0 Å². The minimum Gasteiger partial charge on any atom is -0.257 e. The minimum atomic E-state index is 0.0527. The molecule has 3 rings (SSSR count). The van der Waals surface area contributed by atoms with Gasteiger partial charge in [0.1, 0.15) is 0 Å². The van der Waals surface area contributed by atoms with Crippen molar-refractivity contribution < 1.29 is 0 Å². The van der Waals surface area contributed by atoms with Crippen molar-refractivity contribution in [1.29, 1.82) is 0 Å². The molecule has 1 aliphatic carbocycles. The summed E-state index contributed by atoms with van der Waals surface area (Å²) in [6.45, 7) is 8.68. The van der Waals surface area contributed by atoms with Crippen molar-refractivity contribution in [1.82, 2.24) is 0 Å². The van der Waals surface area contributed by atoms with Crippen LogP contribution in [0.5, 0.6) is 0 Å². The van der Waals surface area contributed by atoms with Gasteiger partial charge in [0, 0.05) is 17.5 Å². The highest BCUT2D eigenvalue weighted by atomic mass is 14.7. The predicted octanol–water partition coefficient (Wildman–Crippen LogP) is 3.25. The van der Waals surface area contributed by atoms with E-state index >= 15 is 0 Å². The molecule has 1 nitrogen and oxygen atoms in total. The summed E-state index contributed by atoms with van der Waals surface area (Å²) in [6.07, 6.45) is 10.5. The zero-order valence-electron chi connectivity index (χ0n) is 11.8. The summed E-state index contributed by atoms with van der Waals surface area (Å²) in [5, 5.41) is 2.17. The Hall–Kier alpha value is -1.63. The molecule has 1 heterocycles. The van der Waals surface area contributed by atoms with Gasteiger partial charge in [-0.1, -0.05) is 38.6 Å². The van der Waals surface area contributed by atoms with E-state index in [0.29, 0.717) is 5.92 Å². The lowest BCUT2D eigenvalue weighted by molar-refractivity contribution is 0.491. The second kappa shape index (κ2) is 4.48. The van der Waals surface area contributed by atoms with Crippen molar-refractivity contribution in [2.24, 2.45) is 10.9 Å². The van der Waals surface area contributed by atoms with E-state index in [1.165, 1.54) is 30.4 Å². The van der Waals surface area contributed by atoms with Gasteiger partial charge in [0.2, 0.25) is 0 Å². The van der Waals surface area contributed by atoms with Crippen LogP contribution < -0.4 is 10.6 Å². The molecule has 0 spiro atoms. The summed E-state index contributed by atoms with van der Waals surface area (Å²) in [6, 6.07) is 6.32. The SMILES string of the molecule is C=c1ccc2c(c1)C(C)(C)C(C1C=CCCC1)=CN=2. The fourth-order valence-electron chi connectivity index (χ4n) is 3.28.